The van der Waals surface area contributed by atoms with Crippen LogP contribution in [0.15, 0.2) is 95.3 Å². The first-order chi connectivity index (χ1) is 14.9. The first kappa shape index (κ1) is 20.8. The van der Waals surface area contributed by atoms with Crippen LogP contribution in [0.25, 0.3) is 10.6 Å². The zero-order valence-electron chi connectivity index (χ0n) is 16.6. The van der Waals surface area contributed by atoms with Crippen molar-refractivity contribution in [2.45, 2.75) is 4.90 Å². The Balaban J connectivity index is 1.47. The molecule has 0 fully saturated rings. The molecule has 1 aromatic heterocycles. The molecule has 156 valence electrons. The van der Waals surface area contributed by atoms with E-state index in [0.717, 1.165) is 10.6 Å². The summed E-state index contributed by atoms with van der Waals surface area (Å²) < 4.78 is 26.9. The van der Waals surface area contributed by atoms with Crippen molar-refractivity contribution in [2.24, 2.45) is 0 Å². The summed E-state index contributed by atoms with van der Waals surface area (Å²) in [5.74, 6) is -0.317. The summed E-state index contributed by atoms with van der Waals surface area (Å²) in [6, 6.07) is 22.1. The van der Waals surface area contributed by atoms with E-state index in [4.69, 9.17) is 0 Å². The van der Waals surface area contributed by atoms with E-state index in [9.17, 15) is 13.2 Å². The minimum absolute atomic E-state index is 0.114. The summed E-state index contributed by atoms with van der Waals surface area (Å²) in [7, 11) is -2.22. The molecular formula is C23H19N3O3S2. The van der Waals surface area contributed by atoms with Gasteiger partial charge < -0.3 is 5.32 Å². The third-order valence-corrected chi connectivity index (χ3v) is 7.34. The van der Waals surface area contributed by atoms with Gasteiger partial charge in [0.15, 0.2) is 0 Å². The molecule has 1 amide bonds. The van der Waals surface area contributed by atoms with Gasteiger partial charge in [0, 0.05) is 35.4 Å². The summed E-state index contributed by atoms with van der Waals surface area (Å²) >= 11 is 1.55. The smallest absolute Gasteiger partial charge is 0.264 e. The van der Waals surface area contributed by atoms with Gasteiger partial charge in [-0.25, -0.2) is 13.4 Å². The number of carbonyl (C=O) groups excluding carboxylic acids is 1. The summed E-state index contributed by atoms with van der Waals surface area (Å²) in [4.78, 5) is 16.9. The molecule has 0 saturated heterocycles. The Hall–Kier alpha value is -3.49. The summed E-state index contributed by atoms with van der Waals surface area (Å²) in [5.41, 5.74) is 2.55. The lowest BCUT2D eigenvalue weighted by Crippen LogP contribution is -2.26. The number of benzene rings is 3. The van der Waals surface area contributed by atoms with Gasteiger partial charge in [0.25, 0.3) is 15.9 Å². The summed E-state index contributed by atoms with van der Waals surface area (Å²) in [5, 5.41) is 5.64. The van der Waals surface area contributed by atoms with Gasteiger partial charge >= 0.3 is 0 Å². The Labute approximate surface area is 184 Å². The molecule has 31 heavy (non-hydrogen) atoms. The Kier molecular flexibility index (Phi) is 5.83. The van der Waals surface area contributed by atoms with Gasteiger partial charge in [-0.05, 0) is 60.7 Å². The van der Waals surface area contributed by atoms with E-state index in [1.807, 2.05) is 35.7 Å². The van der Waals surface area contributed by atoms with Crippen molar-refractivity contribution in [1.82, 2.24) is 4.98 Å². The third-order valence-electron chi connectivity index (χ3n) is 4.72. The van der Waals surface area contributed by atoms with Crippen LogP contribution in [0.4, 0.5) is 11.4 Å². The number of carbonyl (C=O) groups is 1. The largest absolute Gasteiger partial charge is 0.322 e. The van der Waals surface area contributed by atoms with E-state index in [2.05, 4.69) is 10.3 Å². The van der Waals surface area contributed by atoms with Gasteiger partial charge in [-0.15, -0.1) is 11.3 Å². The number of anilines is 2. The lowest BCUT2D eigenvalue weighted by molar-refractivity contribution is 0.102. The molecule has 4 aromatic rings. The molecule has 4 rings (SSSR count). The molecule has 0 saturated carbocycles. The van der Waals surface area contributed by atoms with Crippen molar-refractivity contribution in [2.75, 3.05) is 16.7 Å². The maximum Gasteiger partial charge on any atom is 0.264 e. The standard InChI is InChI=1S/C23H19N3O3S2/c1-26(20-5-3-2-4-6-20)31(28,29)21-13-9-17(10-14-21)22(27)25-19-11-7-18(8-12-19)23-24-15-16-30-23/h2-16H,1H3,(H,25,27). The molecule has 0 radical (unpaired) electrons. The minimum Gasteiger partial charge on any atom is -0.322 e. The van der Waals surface area contributed by atoms with Crippen molar-refractivity contribution in [3.05, 3.63) is 96.0 Å². The van der Waals surface area contributed by atoms with Crippen molar-refractivity contribution < 1.29 is 13.2 Å². The highest BCUT2D eigenvalue weighted by Crippen LogP contribution is 2.24. The monoisotopic (exact) mass is 449 g/mol. The fourth-order valence-electron chi connectivity index (χ4n) is 2.98. The zero-order valence-corrected chi connectivity index (χ0v) is 18.2. The molecule has 0 aliphatic carbocycles. The third kappa shape index (κ3) is 4.50. The van der Waals surface area contributed by atoms with Crippen LogP contribution in [0.1, 0.15) is 10.4 Å². The second-order valence-corrected chi connectivity index (χ2v) is 9.57. The Morgan fingerprint density at radius 3 is 2.23 bits per heavy atom. The van der Waals surface area contributed by atoms with E-state index in [1.54, 1.807) is 41.8 Å². The lowest BCUT2D eigenvalue weighted by atomic mass is 10.2. The van der Waals surface area contributed by atoms with Crippen molar-refractivity contribution >= 4 is 38.6 Å². The van der Waals surface area contributed by atoms with Gasteiger partial charge in [0.05, 0.1) is 10.6 Å². The Bertz CT molecular complexity index is 1270. The normalized spacial score (nSPS) is 11.1. The fourth-order valence-corrected chi connectivity index (χ4v) is 4.82. The van der Waals surface area contributed by atoms with Crippen LogP contribution in [0, 0.1) is 0 Å². The van der Waals surface area contributed by atoms with E-state index in [1.165, 1.54) is 35.6 Å². The lowest BCUT2D eigenvalue weighted by Gasteiger charge is -2.19. The molecule has 0 aliphatic rings. The topological polar surface area (TPSA) is 79.4 Å². The molecule has 0 atom stereocenters. The van der Waals surface area contributed by atoms with Crippen LogP contribution < -0.4 is 9.62 Å². The summed E-state index contributed by atoms with van der Waals surface area (Å²) in [6.45, 7) is 0. The molecule has 3 aromatic carbocycles. The van der Waals surface area contributed by atoms with Crippen LogP contribution in [0.5, 0.6) is 0 Å². The molecular weight excluding hydrogens is 430 g/mol. The molecule has 6 nitrogen and oxygen atoms in total. The number of sulfonamides is 1. The van der Waals surface area contributed by atoms with Gasteiger partial charge in [0.1, 0.15) is 5.01 Å². The minimum atomic E-state index is -3.72. The van der Waals surface area contributed by atoms with Gasteiger partial charge in [-0.1, -0.05) is 18.2 Å². The number of hydrogen-bond donors (Lipinski definition) is 1. The average molecular weight is 450 g/mol. The average Bonchev–Trinajstić information content (AvgIpc) is 3.35. The van der Waals surface area contributed by atoms with Crippen molar-refractivity contribution in [3.8, 4) is 10.6 Å². The van der Waals surface area contributed by atoms with Gasteiger partial charge in [-0.3, -0.25) is 9.10 Å². The van der Waals surface area contributed by atoms with E-state index in [-0.39, 0.29) is 10.8 Å². The highest BCUT2D eigenvalue weighted by Gasteiger charge is 2.21. The number of para-hydroxylation sites is 1. The predicted octanol–water partition coefficient (Wildman–Crippen LogP) is 4.89. The molecule has 0 aliphatic heterocycles. The van der Waals surface area contributed by atoms with E-state index < -0.39 is 10.0 Å². The number of thiazole rings is 1. The number of aromatic nitrogens is 1. The van der Waals surface area contributed by atoms with Gasteiger partial charge in [0.2, 0.25) is 0 Å². The number of rotatable bonds is 6. The molecule has 0 spiro atoms. The quantitative estimate of drug-likeness (QED) is 0.455. The predicted molar refractivity (Wildman–Crippen MR) is 124 cm³/mol. The molecule has 1 N–H and O–H groups in total. The fraction of sp³-hybridized carbons (Fsp3) is 0.0435. The van der Waals surface area contributed by atoms with E-state index >= 15 is 0 Å². The second kappa shape index (κ2) is 8.71. The zero-order chi connectivity index (χ0) is 21.8. The Morgan fingerprint density at radius 1 is 0.935 bits per heavy atom. The van der Waals surface area contributed by atoms with Crippen molar-refractivity contribution in [1.29, 1.82) is 0 Å². The van der Waals surface area contributed by atoms with Crippen LogP contribution in [0.3, 0.4) is 0 Å². The SMILES string of the molecule is CN(c1ccccc1)S(=O)(=O)c1ccc(C(=O)Nc2ccc(-c3nccs3)cc2)cc1. The highest BCUT2D eigenvalue weighted by molar-refractivity contribution is 7.92. The molecule has 1 heterocycles. The second-order valence-electron chi connectivity index (χ2n) is 6.70. The number of hydrogen-bond acceptors (Lipinski definition) is 5. The van der Waals surface area contributed by atoms with Crippen LogP contribution in [0.2, 0.25) is 0 Å². The maximum absolute atomic E-state index is 12.9. The van der Waals surface area contributed by atoms with Crippen molar-refractivity contribution in [3.63, 3.8) is 0 Å². The maximum atomic E-state index is 12.9. The van der Waals surface area contributed by atoms with Crippen LogP contribution in [-0.4, -0.2) is 26.4 Å². The molecule has 0 bridgehead atoms. The number of nitrogens with zero attached hydrogens (tertiary/aromatic N) is 2. The van der Waals surface area contributed by atoms with Gasteiger partial charge in [-0.2, -0.15) is 0 Å². The number of nitrogens with one attached hydrogen (secondary N) is 1. The number of amides is 1. The van der Waals surface area contributed by atoms with Crippen LogP contribution >= 0.6 is 11.3 Å². The van der Waals surface area contributed by atoms with Crippen LogP contribution in [-0.2, 0) is 10.0 Å². The van der Waals surface area contributed by atoms with E-state index in [0.29, 0.717) is 16.9 Å². The highest BCUT2D eigenvalue weighted by atomic mass is 32.2. The first-order valence-corrected chi connectivity index (χ1v) is 11.7. The first-order valence-electron chi connectivity index (χ1n) is 9.40. The summed E-state index contributed by atoms with van der Waals surface area (Å²) in [6.07, 6.45) is 1.75. The Morgan fingerprint density at radius 2 is 1.61 bits per heavy atom. The molecule has 8 heteroatoms. The molecule has 0 unspecified atom stereocenters.